The molecule has 14 heavy (non-hydrogen) atoms. The summed E-state index contributed by atoms with van der Waals surface area (Å²) in [6.45, 7) is 8.89. The number of nitrogens with two attached hydrogens (primary N) is 1. The smallest absolute Gasteiger partial charge is 0.0532 e. The fraction of sp³-hybridized carbons (Fsp3) is 0.545. The summed E-state index contributed by atoms with van der Waals surface area (Å²) in [6, 6.07) is 0. The van der Waals surface area contributed by atoms with Gasteiger partial charge in [0.1, 0.15) is 0 Å². The van der Waals surface area contributed by atoms with Crippen LogP contribution < -0.4 is 5.73 Å². The zero-order chi connectivity index (χ0) is 10.4. The van der Waals surface area contributed by atoms with Gasteiger partial charge in [-0.15, -0.1) is 0 Å². The van der Waals surface area contributed by atoms with E-state index in [4.69, 9.17) is 5.73 Å². The molecule has 1 unspecified atom stereocenters. The molecular formula is C11H17N3. The van der Waals surface area contributed by atoms with E-state index in [0.29, 0.717) is 12.0 Å². The summed E-state index contributed by atoms with van der Waals surface area (Å²) in [7, 11) is 0. The highest BCUT2D eigenvalue weighted by Crippen LogP contribution is 2.63. The Hall–Kier alpha value is -1.09. The molecule has 1 aliphatic rings. The highest BCUT2D eigenvalue weighted by molar-refractivity contribution is 5.36. The first-order chi connectivity index (χ1) is 6.55. The number of hydrogen-bond donors (Lipinski definition) is 1. The van der Waals surface area contributed by atoms with E-state index in [1.807, 2.05) is 12.4 Å². The highest BCUT2D eigenvalue weighted by Gasteiger charge is 2.61. The van der Waals surface area contributed by atoms with Crippen LogP contribution in [0.3, 0.4) is 0 Å². The van der Waals surface area contributed by atoms with E-state index in [2.05, 4.69) is 25.5 Å². The van der Waals surface area contributed by atoms with Crippen molar-refractivity contribution in [3.63, 3.8) is 0 Å². The molecule has 2 N–H and O–H groups in total. The summed E-state index contributed by atoms with van der Waals surface area (Å²) in [5, 5.41) is 4.20. The standard InChI is InChI=1S/C11H17N3/c1-4-14-6-9(5-13-14)11(8-12)7-10(11,2)3/h4-6H,1,7-8,12H2,2-3H3. The van der Waals surface area contributed by atoms with E-state index < -0.39 is 0 Å². The molecule has 3 nitrogen and oxygen atoms in total. The predicted octanol–water partition coefficient (Wildman–Crippen LogP) is 1.61. The number of aromatic nitrogens is 2. The van der Waals surface area contributed by atoms with Gasteiger partial charge in [0.25, 0.3) is 0 Å². The van der Waals surface area contributed by atoms with Gasteiger partial charge in [0.05, 0.1) is 6.20 Å². The van der Waals surface area contributed by atoms with Crippen LogP contribution in [0.2, 0.25) is 0 Å². The average molecular weight is 191 g/mol. The molecule has 0 saturated heterocycles. The van der Waals surface area contributed by atoms with E-state index in [-0.39, 0.29) is 5.41 Å². The number of rotatable bonds is 3. The van der Waals surface area contributed by atoms with Crippen LogP contribution in [0.4, 0.5) is 0 Å². The minimum atomic E-state index is 0.147. The predicted molar refractivity (Wildman–Crippen MR) is 57.7 cm³/mol. The molecule has 76 valence electrons. The van der Waals surface area contributed by atoms with Gasteiger partial charge in [0, 0.05) is 24.4 Å². The van der Waals surface area contributed by atoms with Gasteiger partial charge in [-0.05, 0) is 17.4 Å². The summed E-state index contributed by atoms with van der Waals surface area (Å²) in [5.41, 5.74) is 7.57. The molecule has 1 saturated carbocycles. The fourth-order valence-corrected chi connectivity index (χ4v) is 2.35. The van der Waals surface area contributed by atoms with Crippen molar-refractivity contribution in [2.45, 2.75) is 25.7 Å². The Morgan fingerprint density at radius 1 is 1.71 bits per heavy atom. The van der Waals surface area contributed by atoms with Crippen molar-refractivity contribution in [1.29, 1.82) is 0 Å². The van der Waals surface area contributed by atoms with E-state index >= 15 is 0 Å². The summed E-state index contributed by atoms with van der Waals surface area (Å²) < 4.78 is 1.74. The Morgan fingerprint density at radius 3 is 2.71 bits per heavy atom. The highest BCUT2D eigenvalue weighted by atomic mass is 15.2. The van der Waals surface area contributed by atoms with Crippen molar-refractivity contribution in [1.82, 2.24) is 9.78 Å². The minimum absolute atomic E-state index is 0.147. The zero-order valence-corrected chi connectivity index (χ0v) is 8.83. The molecule has 0 spiro atoms. The molecule has 3 heteroatoms. The Bertz CT molecular complexity index is 364. The van der Waals surface area contributed by atoms with Crippen LogP contribution >= 0.6 is 0 Å². The van der Waals surface area contributed by atoms with Crippen molar-refractivity contribution in [3.05, 3.63) is 24.5 Å². The van der Waals surface area contributed by atoms with Crippen LogP contribution in [-0.2, 0) is 5.41 Å². The quantitative estimate of drug-likeness (QED) is 0.788. The molecular weight excluding hydrogens is 174 g/mol. The molecule has 2 rings (SSSR count). The largest absolute Gasteiger partial charge is 0.330 e. The molecule has 1 aromatic rings. The molecule has 1 fully saturated rings. The molecule has 1 atom stereocenters. The Balaban J connectivity index is 2.35. The second-order valence-electron chi connectivity index (χ2n) is 4.74. The second kappa shape index (κ2) is 2.70. The van der Waals surface area contributed by atoms with E-state index in [1.54, 1.807) is 10.9 Å². The van der Waals surface area contributed by atoms with Gasteiger partial charge in [-0.1, -0.05) is 20.4 Å². The first kappa shape index (κ1) is 9.46. The topological polar surface area (TPSA) is 43.8 Å². The van der Waals surface area contributed by atoms with E-state index in [0.717, 1.165) is 6.42 Å². The number of nitrogens with zero attached hydrogens (tertiary/aromatic N) is 2. The fourth-order valence-electron chi connectivity index (χ4n) is 2.35. The monoisotopic (exact) mass is 191 g/mol. The first-order valence-electron chi connectivity index (χ1n) is 4.93. The Morgan fingerprint density at radius 2 is 2.36 bits per heavy atom. The van der Waals surface area contributed by atoms with Crippen LogP contribution in [0.15, 0.2) is 19.0 Å². The normalized spacial score (nSPS) is 28.8. The molecule has 0 amide bonds. The van der Waals surface area contributed by atoms with E-state index in [1.165, 1.54) is 5.56 Å². The molecule has 0 bridgehead atoms. The van der Waals surface area contributed by atoms with Crippen molar-refractivity contribution in [2.75, 3.05) is 6.54 Å². The van der Waals surface area contributed by atoms with Crippen LogP contribution in [-0.4, -0.2) is 16.3 Å². The van der Waals surface area contributed by atoms with Crippen molar-refractivity contribution >= 4 is 6.20 Å². The molecule has 1 aliphatic carbocycles. The van der Waals surface area contributed by atoms with Crippen LogP contribution in [0, 0.1) is 5.41 Å². The minimum Gasteiger partial charge on any atom is -0.330 e. The van der Waals surface area contributed by atoms with Crippen LogP contribution in [0.5, 0.6) is 0 Å². The lowest BCUT2D eigenvalue weighted by Crippen LogP contribution is -2.24. The van der Waals surface area contributed by atoms with Gasteiger partial charge >= 0.3 is 0 Å². The summed E-state index contributed by atoms with van der Waals surface area (Å²) >= 11 is 0. The van der Waals surface area contributed by atoms with Gasteiger partial charge in [0.2, 0.25) is 0 Å². The average Bonchev–Trinajstić information content (AvgIpc) is 2.57. The lowest BCUT2D eigenvalue weighted by atomic mass is 9.90. The Labute approximate surface area is 84.6 Å². The molecule has 0 radical (unpaired) electrons. The number of hydrogen-bond acceptors (Lipinski definition) is 2. The molecule has 1 heterocycles. The van der Waals surface area contributed by atoms with Gasteiger partial charge in [0.15, 0.2) is 0 Å². The maximum atomic E-state index is 5.86. The van der Waals surface area contributed by atoms with Gasteiger partial charge in [-0.3, -0.25) is 0 Å². The van der Waals surface area contributed by atoms with Gasteiger partial charge in [-0.25, -0.2) is 4.68 Å². The van der Waals surface area contributed by atoms with Crippen molar-refractivity contribution in [2.24, 2.45) is 11.1 Å². The maximum absolute atomic E-state index is 5.86. The molecule has 1 aromatic heterocycles. The third-order valence-electron chi connectivity index (χ3n) is 3.60. The SMILES string of the molecule is C=Cn1cc(C2(CN)CC2(C)C)cn1. The summed E-state index contributed by atoms with van der Waals surface area (Å²) in [6.07, 6.45) is 6.78. The van der Waals surface area contributed by atoms with Gasteiger partial charge < -0.3 is 5.73 Å². The van der Waals surface area contributed by atoms with Crippen LogP contribution in [0.1, 0.15) is 25.8 Å². The first-order valence-corrected chi connectivity index (χ1v) is 4.93. The zero-order valence-electron chi connectivity index (χ0n) is 8.83. The summed E-state index contributed by atoms with van der Waals surface area (Å²) in [5.74, 6) is 0. The maximum Gasteiger partial charge on any atom is 0.0532 e. The van der Waals surface area contributed by atoms with Crippen LogP contribution in [0.25, 0.3) is 6.20 Å². The Kier molecular flexibility index (Phi) is 1.83. The van der Waals surface area contributed by atoms with Crippen molar-refractivity contribution < 1.29 is 0 Å². The molecule has 0 aromatic carbocycles. The lowest BCUT2D eigenvalue weighted by Gasteiger charge is -2.15. The van der Waals surface area contributed by atoms with Crippen molar-refractivity contribution in [3.8, 4) is 0 Å². The lowest BCUT2D eigenvalue weighted by molar-refractivity contribution is 0.503. The third-order valence-corrected chi connectivity index (χ3v) is 3.60. The summed E-state index contributed by atoms with van der Waals surface area (Å²) in [4.78, 5) is 0. The van der Waals surface area contributed by atoms with E-state index in [9.17, 15) is 0 Å². The second-order valence-corrected chi connectivity index (χ2v) is 4.74. The van der Waals surface area contributed by atoms with Gasteiger partial charge in [-0.2, -0.15) is 5.10 Å². The molecule has 0 aliphatic heterocycles. The third kappa shape index (κ3) is 1.05.